The number of aliphatic hydroxyl groups is 10. The fourth-order valence-electron chi connectivity index (χ4n) is 6.99. The van der Waals surface area contributed by atoms with Gasteiger partial charge >= 0.3 is 0 Å². The van der Waals surface area contributed by atoms with Crippen LogP contribution in [0.4, 0.5) is 0 Å². The minimum Gasteiger partial charge on any atom is -0.507 e. The van der Waals surface area contributed by atoms with Crippen LogP contribution in [0.5, 0.6) is 23.0 Å². The van der Waals surface area contributed by atoms with E-state index < -0.39 is 128 Å². The van der Waals surface area contributed by atoms with E-state index in [1.165, 1.54) is 26.2 Å². The minimum atomic E-state index is -1.94. The van der Waals surface area contributed by atoms with Crippen LogP contribution >= 0.6 is 0 Å². The highest BCUT2D eigenvalue weighted by molar-refractivity contribution is 5.91. The summed E-state index contributed by atoms with van der Waals surface area (Å²) in [5.74, 6) is -1.34. The first-order valence-corrected chi connectivity index (χ1v) is 18.8. The summed E-state index contributed by atoms with van der Waals surface area (Å²) in [4.78, 5) is 14.7. The topological polar surface area (TPSA) is 317 Å². The number of allylic oxidation sites excluding steroid dienone is 2. The summed E-state index contributed by atoms with van der Waals surface area (Å²) < 4.78 is 46.6. The highest BCUT2D eigenvalue weighted by atomic mass is 16.8. The van der Waals surface area contributed by atoms with E-state index in [0.29, 0.717) is 5.75 Å². The van der Waals surface area contributed by atoms with Crippen molar-refractivity contribution in [2.45, 2.75) is 119 Å². The van der Waals surface area contributed by atoms with Gasteiger partial charge in [-0.15, -0.1) is 0 Å². The first-order valence-electron chi connectivity index (χ1n) is 18.8. The Morgan fingerprint density at radius 3 is 1.92 bits per heavy atom. The fourth-order valence-corrected chi connectivity index (χ4v) is 6.99. The van der Waals surface area contributed by atoms with Crippen molar-refractivity contribution >= 4 is 11.0 Å². The molecule has 0 spiro atoms. The Labute approximate surface area is 336 Å². The molecule has 0 bridgehead atoms. The third-order valence-electron chi connectivity index (χ3n) is 10.5. The van der Waals surface area contributed by atoms with Gasteiger partial charge in [-0.05, 0) is 51.5 Å². The zero-order valence-electron chi connectivity index (χ0n) is 32.3. The minimum absolute atomic E-state index is 0.000587. The molecule has 3 saturated heterocycles. The summed E-state index contributed by atoms with van der Waals surface area (Å²) >= 11 is 0. The van der Waals surface area contributed by atoms with Gasteiger partial charge in [0.25, 0.3) is 0 Å². The largest absolute Gasteiger partial charge is 0.507 e. The molecule has 1 aromatic heterocycles. The molecule has 0 amide bonds. The highest BCUT2D eigenvalue weighted by Gasteiger charge is 2.51. The molecule has 20 nitrogen and oxygen atoms in total. The number of hydrogen-bond donors (Lipinski definition) is 11. The molecule has 0 saturated carbocycles. The van der Waals surface area contributed by atoms with Gasteiger partial charge in [-0.25, -0.2) is 0 Å². The molecule has 4 heterocycles. The van der Waals surface area contributed by atoms with Crippen LogP contribution in [0.1, 0.15) is 26.3 Å². The van der Waals surface area contributed by atoms with Crippen molar-refractivity contribution in [2.24, 2.45) is 0 Å². The van der Waals surface area contributed by atoms with E-state index in [9.17, 15) is 61.0 Å². The maximum absolute atomic E-state index is 14.7. The Morgan fingerprint density at radius 1 is 0.746 bits per heavy atom. The van der Waals surface area contributed by atoms with E-state index in [-0.39, 0.29) is 34.6 Å². The van der Waals surface area contributed by atoms with Crippen LogP contribution in [0.2, 0.25) is 0 Å². The Bertz CT molecular complexity index is 1990. The lowest BCUT2D eigenvalue weighted by molar-refractivity contribution is -0.355. The van der Waals surface area contributed by atoms with Gasteiger partial charge in [-0.2, -0.15) is 0 Å². The second-order valence-corrected chi connectivity index (χ2v) is 14.8. The Kier molecular flexibility index (Phi) is 13.9. The Balaban J connectivity index is 1.50. The average molecular weight is 839 g/mol. The lowest BCUT2D eigenvalue weighted by Crippen LogP contribution is -2.64. The standard InChI is InChI=1S/C39H50O20/c1-14(2)5-10-18-20(54-37-31(50)28(47)25(44)21(12-40)55-37)11-19(42)23-27(46)35(33(57-34(18)23)16-6-8-17(52-4)9-7-16)58-39-36(30(49)24(43)15(3)53-39)59-38-32(51)29(48)26(45)22(13-41)56-38/h5-9,11,15,21-22,24-26,28-32,36-45,47-51H,10,12-13H2,1-4H3/t15-,21+,22+,24-,25+,26-,28-,29-,30+,31+,32+,36+,37+,38+,39+/m0/s1. The second kappa shape index (κ2) is 18.3. The van der Waals surface area contributed by atoms with Crippen LogP contribution in [0.3, 0.4) is 0 Å². The van der Waals surface area contributed by atoms with Crippen LogP contribution in [0.15, 0.2) is 51.2 Å². The summed E-state index contributed by atoms with van der Waals surface area (Å²) in [6, 6.07) is 7.17. The molecule has 0 unspecified atom stereocenters. The molecular weight excluding hydrogens is 788 g/mol. The van der Waals surface area contributed by atoms with Gasteiger partial charge in [0.05, 0.1) is 26.4 Å². The molecule has 0 radical (unpaired) electrons. The number of phenols is 1. The number of methoxy groups -OCH3 is 1. The molecule has 6 rings (SSSR count). The number of fused-ring (bicyclic) bond motifs is 1. The van der Waals surface area contributed by atoms with Crippen molar-refractivity contribution in [1.29, 1.82) is 0 Å². The van der Waals surface area contributed by atoms with Crippen molar-refractivity contribution in [3.05, 3.63) is 57.8 Å². The fraction of sp³-hybridized carbons (Fsp3) is 0.564. The van der Waals surface area contributed by atoms with Crippen molar-refractivity contribution in [1.82, 2.24) is 0 Å². The first-order chi connectivity index (χ1) is 28.0. The van der Waals surface area contributed by atoms with E-state index in [1.807, 2.05) is 0 Å². The van der Waals surface area contributed by atoms with E-state index in [1.54, 1.807) is 32.1 Å². The van der Waals surface area contributed by atoms with Crippen LogP contribution < -0.4 is 19.6 Å². The van der Waals surface area contributed by atoms with E-state index in [4.69, 9.17) is 37.6 Å². The molecular formula is C39H50O20. The molecule has 3 aliphatic heterocycles. The van der Waals surface area contributed by atoms with Crippen molar-refractivity contribution in [3.8, 4) is 34.3 Å². The Morgan fingerprint density at radius 2 is 1.34 bits per heavy atom. The van der Waals surface area contributed by atoms with E-state index in [2.05, 4.69) is 0 Å². The third-order valence-corrected chi connectivity index (χ3v) is 10.5. The first kappa shape index (κ1) is 44.6. The van der Waals surface area contributed by atoms with E-state index in [0.717, 1.165) is 11.6 Å². The van der Waals surface area contributed by atoms with Crippen LogP contribution in [0.25, 0.3) is 22.3 Å². The number of rotatable bonds is 12. The number of aromatic hydroxyl groups is 1. The summed E-state index contributed by atoms with van der Waals surface area (Å²) in [6.07, 6.45) is -23.6. The van der Waals surface area contributed by atoms with Gasteiger partial charge in [0.2, 0.25) is 23.8 Å². The van der Waals surface area contributed by atoms with Gasteiger partial charge < -0.3 is 93.7 Å². The summed E-state index contributed by atoms with van der Waals surface area (Å²) in [6.45, 7) is 3.44. The molecule has 3 fully saturated rings. The molecule has 15 atom stereocenters. The molecule has 3 aliphatic rings. The molecule has 20 heteroatoms. The average Bonchev–Trinajstić information content (AvgIpc) is 3.21. The monoisotopic (exact) mass is 838 g/mol. The van der Waals surface area contributed by atoms with Crippen LogP contribution in [0, 0.1) is 0 Å². The number of phenolic OH excluding ortho intramolecular Hbond substituents is 1. The van der Waals surface area contributed by atoms with Crippen molar-refractivity contribution < 1.29 is 93.7 Å². The predicted molar refractivity (Wildman–Crippen MR) is 199 cm³/mol. The SMILES string of the molecule is COc1ccc(-c2oc3c(CC=C(C)C)c(O[C@@H]4O[C@H](CO)[C@@H](O)[C@H](O)[C@H]4O)cc(O)c3c(=O)c2O[C@H]2O[C@@H](C)[C@H](O)[C@@H](O)[C@H]2O[C@H]2O[C@H](CO)[C@H](O)[C@H](O)[C@H]2O)cc1. The summed E-state index contributed by atoms with van der Waals surface area (Å²) in [5.41, 5.74) is -0.0519. The molecule has 0 aliphatic carbocycles. The summed E-state index contributed by atoms with van der Waals surface area (Å²) in [5, 5.41) is 115. The van der Waals surface area contributed by atoms with Crippen LogP contribution in [-0.2, 0) is 25.4 Å². The number of hydrogen-bond acceptors (Lipinski definition) is 20. The Hall–Kier alpha value is -3.97. The molecule has 59 heavy (non-hydrogen) atoms. The zero-order valence-corrected chi connectivity index (χ0v) is 32.3. The predicted octanol–water partition coefficient (Wildman–Crippen LogP) is -2.11. The second-order valence-electron chi connectivity index (χ2n) is 14.8. The lowest BCUT2D eigenvalue weighted by Gasteiger charge is -2.45. The molecule has 2 aromatic carbocycles. The smallest absolute Gasteiger partial charge is 0.239 e. The summed E-state index contributed by atoms with van der Waals surface area (Å²) in [7, 11) is 1.44. The molecule has 326 valence electrons. The maximum atomic E-state index is 14.7. The lowest BCUT2D eigenvalue weighted by atomic mass is 9.97. The quantitative estimate of drug-likeness (QED) is 0.0870. The van der Waals surface area contributed by atoms with Gasteiger partial charge in [0.15, 0.2) is 18.2 Å². The normalized spacial score (nSPS) is 35.0. The van der Waals surface area contributed by atoms with Gasteiger partial charge in [0, 0.05) is 17.2 Å². The highest BCUT2D eigenvalue weighted by Crippen LogP contribution is 2.42. The molecule has 11 N–H and O–H groups in total. The van der Waals surface area contributed by atoms with E-state index >= 15 is 0 Å². The molecule has 3 aromatic rings. The zero-order chi connectivity index (χ0) is 43.0. The number of aliphatic hydroxyl groups excluding tert-OH is 10. The third kappa shape index (κ3) is 8.79. The van der Waals surface area contributed by atoms with Crippen molar-refractivity contribution in [3.63, 3.8) is 0 Å². The van der Waals surface area contributed by atoms with Gasteiger partial charge in [-0.1, -0.05) is 11.6 Å². The number of benzene rings is 2. The van der Waals surface area contributed by atoms with Gasteiger partial charge in [-0.3, -0.25) is 4.79 Å². The van der Waals surface area contributed by atoms with Gasteiger partial charge in [0.1, 0.15) is 89.3 Å². The maximum Gasteiger partial charge on any atom is 0.239 e. The van der Waals surface area contributed by atoms with Crippen molar-refractivity contribution in [2.75, 3.05) is 20.3 Å². The number of ether oxygens (including phenoxy) is 7. The van der Waals surface area contributed by atoms with Crippen LogP contribution in [-0.4, -0.2) is 169 Å².